The number of amides is 1. The molecular weight excluding hydrogens is 412 g/mol. The van der Waals surface area contributed by atoms with Crippen LogP contribution >= 0.6 is 0 Å². The summed E-state index contributed by atoms with van der Waals surface area (Å²) in [6.07, 6.45) is 1.58. The van der Waals surface area contributed by atoms with Crippen LogP contribution in [0, 0.1) is 0 Å². The van der Waals surface area contributed by atoms with Crippen LogP contribution < -0.4 is 5.32 Å². The molecule has 1 aliphatic heterocycles. The molecule has 1 N–H and O–H groups in total. The van der Waals surface area contributed by atoms with Gasteiger partial charge < -0.3 is 10.1 Å². The molecule has 0 radical (unpaired) electrons. The van der Waals surface area contributed by atoms with E-state index in [0.717, 1.165) is 18.4 Å². The standard InChI is InChI=1S/C24H30N2O4S/c1-23(2,3)18-7-9-19(10-8-18)24(11-12-24)22(27)25-20-5-4-6-21(17-20)31(28,29)26-13-15-30-16-14-26/h4-10,17H,11-16H2,1-3H3,(H,25,27). The molecule has 2 aromatic rings. The molecule has 0 aromatic heterocycles. The van der Waals surface area contributed by atoms with Gasteiger partial charge in [-0.2, -0.15) is 4.31 Å². The number of sulfonamides is 1. The third kappa shape index (κ3) is 4.40. The van der Waals surface area contributed by atoms with E-state index in [9.17, 15) is 13.2 Å². The lowest BCUT2D eigenvalue weighted by molar-refractivity contribution is -0.118. The third-order valence-electron chi connectivity index (χ3n) is 6.19. The molecule has 0 bridgehead atoms. The van der Waals surface area contributed by atoms with Crippen LogP contribution in [0.2, 0.25) is 0 Å². The monoisotopic (exact) mass is 442 g/mol. The van der Waals surface area contributed by atoms with Crippen molar-refractivity contribution < 1.29 is 17.9 Å². The van der Waals surface area contributed by atoms with E-state index in [2.05, 4.69) is 38.2 Å². The summed E-state index contributed by atoms with van der Waals surface area (Å²) in [6.45, 7) is 7.97. The van der Waals surface area contributed by atoms with Crippen molar-refractivity contribution >= 4 is 21.6 Å². The van der Waals surface area contributed by atoms with Crippen molar-refractivity contribution in [3.8, 4) is 0 Å². The van der Waals surface area contributed by atoms with Crippen LogP contribution in [0.5, 0.6) is 0 Å². The van der Waals surface area contributed by atoms with Crippen molar-refractivity contribution in [1.82, 2.24) is 4.31 Å². The molecule has 2 fully saturated rings. The van der Waals surface area contributed by atoms with Gasteiger partial charge in [0.1, 0.15) is 0 Å². The minimum Gasteiger partial charge on any atom is -0.379 e. The van der Waals surface area contributed by atoms with Crippen molar-refractivity contribution in [3.63, 3.8) is 0 Å². The number of morpholine rings is 1. The second-order valence-corrected chi connectivity index (χ2v) is 11.3. The van der Waals surface area contributed by atoms with E-state index in [1.54, 1.807) is 24.3 Å². The topological polar surface area (TPSA) is 75.7 Å². The summed E-state index contributed by atoms with van der Waals surface area (Å²) in [5, 5.41) is 2.96. The second kappa shape index (κ2) is 8.04. The highest BCUT2D eigenvalue weighted by Gasteiger charge is 2.51. The summed E-state index contributed by atoms with van der Waals surface area (Å²) in [7, 11) is -3.61. The van der Waals surface area contributed by atoms with Gasteiger partial charge in [-0.15, -0.1) is 0 Å². The summed E-state index contributed by atoms with van der Waals surface area (Å²) < 4.78 is 32.5. The zero-order valence-electron chi connectivity index (χ0n) is 18.3. The molecule has 1 heterocycles. The number of carbonyl (C=O) groups excluding carboxylic acids is 1. The Morgan fingerprint density at radius 1 is 1.03 bits per heavy atom. The summed E-state index contributed by atoms with van der Waals surface area (Å²) in [4.78, 5) is 13.3. The highest BCUT2D eigenvalue weighted by Crippen LogP contribution is 2.49. The molecule has 31 heavy (non-hydrogen) atoms. The Kier molecular flexibility index (Phi) is 5.70. The lowest BCUT2D eigenvalue weighted by Gasteiger charge is -2.26. The number of rotatable bonds is 5. The lowest BCUT2D eigenvalue weighted by Crippen LogP contribution is -2.40. The Hall–Kier alpha value is -2.22. The maximum atomic E-state index is 13.2. The Balaban J connectivity index is 1.52. The van der Waals surface area contributed by atoms with Crippen LogP contribution in [0.15, 0.2) is 53.4 Å². The highest BCUT2D eigenvalue weighted by molar-refractivity contribution is 7.89. The summed E-state index contributed by atoms with van der Waals surface area (Å²) in [5.41, 5.74) is 2.26. The number of nitrogens with one attached hydrogen (secondary N) is 1. The number of anilines is 1. The Morgan fingerprint density at radius 2 is 1.68 bits per heavy atom. The molecule has 7 heteroatoms. The largest absolute Gasteiger partial charge is 0.379 e. The molecule has 0 spiro atoms. The van der Waals surface area contributed by atoms with Crippen LogP contribution in [-0.2, 0) is 30.4 Å². The smallest absolute Gasteiger partial charge is 0.243 e. The fourth-order valence-corrected chi connectivity index (χ4v) is 5.44. The maximum Gasteiger partial charge on any atom is 0.243 e. The van der Waals surface area contributed by atoms with Crippen LogP contribution in [0.25, 0.3) is 0 Å². The van der Waals surface area contributed by atoms with Crippen LogP contribution in [0.3, 0.4) is 0 Å². The Morgan fingerprint density at radius 3 is 2.26 bits per heavy atom. The van der Waals surface area contributed by atoms with E-state index < -0.39 is 15.4 Å². The van der Waals surface area contributed by atoms with Gasteiger partial charge in [0, 0.05) is 18.8 Å². The highest BCUT2D eigenvalue weighted by atomic mass is 32.2. The zero-order chi connectivity index (χ0) is 22.3. The lowest BCUT2D eigenvalue weighted by atomic mass is 9.85. The fraction of sp³-hybridized carbons (Fsp3) is 0.458. The van der Waals surface area contributed by atoms with Crippen LogP contribution in [0.4, 0.5) is 5.69 Å². The molecule has 4 rings (SSSR count). The predicted molar refractivity (Wildman–Crippen MR) is 121 cm³/mol. The first kappa shape index (κ1) is 22.0. The minimum atomic E-state index is -3.61. The maximum absolute atomic E-state index is 13.2. The van der Waals surface area contributed by atoms with Gasteiger partial charge in [-0.05, 0) is 47.6 Å². The molecule has 2 aromatic carbocycles. The second-order valence-electron chi connectivity index (χ2n) is 9.41. The normalized spacial score (nSPS) is 19.1. The van der Waals surface area contributed by atoms with Crippen LogP contribution in [-0.4, -0.2) is 44.9 Å². The van der Waals surface area contributed by atoms with Gasteiger partial charge in [0.25, 0.3) is 0 Å². The third-order valence-corrected chi connectivity index (χ3v) is 8.08. The number of nitrogens with zero attached hydrogens (tertiary/aromatic N) is 1. The summed E-state index contributed by atoms with van der Waals surface area (Å²) in [6, 6.07) is 14.8. The molecule has 166 valence electrons. The van der Waals surface area contributed by atoms with Crippen LogP contribution in [0.1, 0.15) is 44.7 Å². The molecule has 0 unspecified atom stereocenters. The quantitative estimate of drug-likeness (QED) is 0.767. The number of ether oxygens (including phenoxy) is 1. The van der Waals surface area contributed by atoms with E-state index in [4.69, 9.17) is 4.74 Å². The van der Waals surface area contributed by atoms with E-state index in [-0.39, 0.29) is 16.2 Å². The van der Waals surface area contributed by atoms with E-state index in [1.807, 2.05) is 12.1 Å². The fourth-order valence-electron chi connectivity index (χ4n) is 3.98. The Bertz CT molecular complexity index is 1060. The van der Waals surface area contributed by atoms with E-state index >= 15 is 0 Å². The first-order chi connectivity index (χ1) is 14.6. The molecule has 6 nitrogen and oxygen atoms in total. The van der Waals surface area contributed by atoms with Gasteiger partial charge in [-0.1, -0.05) is 51.1 Å². The van der Waals surface area contributed by atoms with Crippen molar-refractivity contribution in [3.05, 3.63) is 59.7 Å². The van der Waals surface area contributed by atoms with Gasteiger partial charge >= 0.3 is 0 Å². The zero-order valence-corrected chi connectivity index (χ0v) is 19.2. The predicted octanol–water partition coefficient (Wildman–Crippen LogP) is 3.68. The average Bonchev–Trinajstić information content (AvgIpc) is 3.56. The molecule has 1 saturated heterocycles. The number of benzene rings is 2. The molecule has 1 aliphatic carbocycles. The SMILES string of the molecule is CC(C)(C)c1ccc(C2(C(=O)Nc3cccc(S(=O)(=O)N4CCOCC4)c3)CC2)cc1. The summed E-state index contributed by atoms with van der Waals surface area (Å²) in [5.74, 6) is -0.0862. The molecule has 0 atom stereocenters. The van der Waals surface area contributed by atoms with Gasteiger partial charge in [0.15, 0.2) is 0 Å². The van der Waals surface area contributed by atoms with Gasteiger partial charge in [0.2, 0.25) is 15.9 Å². The van der Waals surface area contributed by atoms with Gasteiger partial charge in [0.05, 0.1) is 23.5 Å². The van der Waals surface area contributed by atoms with Crippen molar-refractivity contribution in [2.75, 3.05) is 31.6 Å². The molecule has 2 aliphatic rings. The number of hydrogen-bond donors (Lipinski definition) is 1. The number of carbonyl (C=O) groups is 1. The number of hydrogen-bond acceptors (Lipinski definition) is 4. The minimum absolute atomic E-state index is 0.0594. The Labute approximate surface area is 184 Å². The van der Waals surface area contributed by atoms with Crippen molar-refractivity contribution in [2.45, 2.75) is 49.3 Å². The van der Waals surface area contributed by atoms with Gasteiger partial charge in [-0.3, -0.25) is 4.79 Å². The molecular formula is C24H30N2O4S. The summed E-state index contributed by atoms with van der Waals surface area (Å²) >= 11 is 0. The van der Waals surface area contributed by atoms with Crippen molar-refractivity contribution in [1.29, 1.82) is 0 Å². The van der Waals surface area contributed by atoms with E-state index in [1.165, 1.54) is 9.87 Å². The average molecular weight is 443 g/mol. The molecule has 1 amide bonds. The van der Waals surface area contributed by atoms with Crippen molar-refractivity contribution in [2.24, 2.45) is 0 Å². The first-order valence-electron chi connectivity index (χ1n) is 10.7. The van der Waals surface area contributed by atoms with Gasteiger partial charge in [-0.25, -0.2) is 8.42 Å². The first-order valence-corrected chi connectivity index (χ1v) is 12.2. The van der Waals surface area contributed by atoms with E-state index in [0.29, 0.717) is 32.0 Å². The molecule has 1 saturated carbocycles.